The van der Waals surface area contributed by atoms with Crippen molar-refractivity contribution >= 4 is 46.8 Å². The zero-order chi connectivity index (χ0) is 39.3. The van der Waals surface area contributed by atoms with E-state index in [0.717, 1.165) is 61.7 Å². The summed E-state index contributed by atoms with van der Waals surface area (Å²) in [6, 6.07) is 14.8. The molecule has 16 nitrogen and oxygen atoms in total. The summed E-state index contributed by atoms with van der Waals surface area (Å²) in [5.41, 5.74) is 4.31. The highest BCUT2D eigenvalue weighted by Gasteiger charge is 2.44. The van der Waals surface area contributed by atoms with E-state index in [4.69, 9.17) is 21.6 Å². The van der Waals surface area contributed by atoms with Crippen molar-refractivity contribution in [2.75, 3.05) is 44.2 Å². The molecule has 5 heterocycles. The Bertz CT molecular complexity index is 2200. The Morgan fingerprint density at radius 3 is 2.61 bits per heavy atom. The number of piperazine rings is 1. The topological polar surface area (TPSA) is 199 Å². The van der Waals surface area contributed by atoms with Crippen molar-refractivity contribution in [3.05, 3.63) is 87.8 Å². The highest BCUT2D eigenvalue weighted by atomic mass is 35.5. The first-order chi connectivity index (χ1) is 27.1. The average molecular weight is 781 g/mol. The van der Waals surface area contributed by atoms with E-state index in [1.165, 1.54) is 0 Å². The number of aromatic nitrogens is 4. The van der Waals surface area contributed by atoms with E-state index in [1.54, 1.807) is 41.1 Å². The zero-order valence-electron chi connectivity index (χ0n) is 30.8. The van der Waals surface area contributed by atoms with Crippen LogP contribution in [-0.4, -0.2) is 111 Å². The molecule has 2 aromatic carbocycles. The van der Waals surface area contributed by atoms with Gasteiger partial charge in [0, 0.05) is 62.7 Å². The molecule has 0 saturated carbocycles. The predicted octanol–water partition coefficient (Wildman–Crippen LogP) is 3.14. The summed E-state index contributed by atoms with van der Waals surface area (Å²) in [5, 5.41) is 26.3. The number of amides is 5. The molecule has 17 heteroatoms. The maximum atomic E-state index is 13.2. The number of hydrogen-bond acceptors (Lipinski definition) is 11. The van der Waals surface area contributed by atoms with Gasteiger partial charge >= 0.3 is 0 Å². The second-order valence-corrected chi connectivity index (χ2v) is 14.6. The number of piperidine rings is 1. The molecule has 3 aliphatic rings. The van der Waals surface area contributed by atoms with Gasteiger partial charge in [-0.3, -0.25) is 48.9 Å². The van der Waals surface area contributed by atoms with Gasteiger partial charge in [0.2, 0.25) is 11.8 Å². The van der Waals surface area contributed by atoms with Crippen molar-refractivity contribution in [1.82, 2.24) is 40.4 Å². The van der Waals surface area contributed by atoms with Crippen LogP contribution in [0.2, 0.25) is 5.02 Å². The molecular formula is C39H41ClN10O6. The summed E-state index contributed by atoms with van der Waals surface area (Å²) in [5.74, 6) is -2.33. The number of carbonyl (C=O) groups is 5. The highest BCUT2D eigenvalue weighted by molar-refractivity contribution is 6.32. The predicted molar refractivity (Wildman–Crippen MR) is 204 cm³/mol. The number of nitriles is 1. The summed E-state index contributed by atoms with van der Waals surface area (Å²) in [4.78, 5) is 68.6. The summed E-state index contributed by atoms with van der Waals surface area (Å²) >= 11 is 6.17. The highest BCUT2D eigenvalue weighted by Crippen LogP contribution is 2.31. The Labute approximate surface area is 327 Å². The van der Waals surface area contributed by atoms with Gasteiger partial charge in [-0.25, -0.2) is 0 Å². The molecule has 3 aliphatic heterocycles. The van der Waals surface area contributed by atoms with Crippen molar-refractivity contribution in [3.63, 3.8) is 0 Å². The van der Waals surface area contributed by atoms with Gasteiger partial charge in [0.1, 0.15) is 17.8 Å². The first-order valence-corrected chi connectivity index (χ1v) is 18.9. The SMILES string of the molecule is C[C@H](Cn1ccc(-c2ccc(C#N)c(Cl)c2)n1)NC(=O)c1cc(COCCCCN2CCN(c3ccc4c(c3)C(=O)N(C3CCC(=O)NC3=O)C4=O)CC2)[nH]n1. The van der Waals surface area contributed by atoms with Crippen LogP contribution in [0.5, 0.6) is 0 Å². The summed E-state index contributed by atoms with van der Waals surface area (Å²) in [7, 11) is 0. The number of carbonyl (C=O) groups excluding carboxylic acids is 5. The maximum Gasteiger partial charge on any atom is 0.272 e. The van der Waals surface area contributed by atoms with E-state index < -0.39 is 29.7 Å². The number of benzene rings is 2. The van der Waals surface area contributed by atoms with Crippen molar-refractivity contribution in [2.24, 2.45) is 0 Å². The monoisotopic (exact) mass is 780 g/mol. The molecule has 3 N–H and O–H groups in total. The normalized spacial score (nSPS) is 17.8. The third-order valence-electron chi connectivity index (χ3n) is 10.2. The molecule has 7 rings (SSSR count). The van der Waals surface area contributed by atoms with Gasteiger partial charge in [-0.05, 0) is 75.2 Å². The molecule has 1 unspecified atom stereocenters. The van der Waals surface area contributed by atoms with E-state index >= 15 is 0 Å². The van der Waals surface area contributed by atoms with Crippen LogP contribution in [0.15, 0.2) is 54.7 Å². The van der Waals surface area contributed by atoms with Crippen LogP contribution in [0.3, 0.4) is 0 Å². The lowest BCUT2D eigenvalue weighted by molar-refractivity contribution is -0.136. The van der Waals surface area contributed by atoms with E-state index in [1.807, 2.05) is 31.3 Å². The quantitative estimate of drug-likeness (QED) is 0.126. The number of H-pyrrole nitrogens is 1. The Kier molecular flexibility index (Phi) is 11.6. The van der Waals surface area contributed by atoms with Crippen LogP contribution >= 0.6 is 11.6 Å². The van der Waals surface area contributed by atoms with Crippen LogP contribution in [-0.2, 0) is 27.5 Å². The molecule has 2 aromatic heterocycles. The van der Waals surface area contributed by atoms with E-state index in [0.29, 0.717) is 41.7 Å². The van der Waals surface area contributed by atoms with E-state index in [-0.39, 0.29) is 41.6 Å². The first-order valence-electron chi connectivity index (χ1n) is 18.6. The number of aromatic amines is 1. The number of rotatable bonds is 14. The van der Waals surface area contributed by atoms with Crippen LogP contribution < -0.4 is 15.5 Å². The van der Waals surface area contributed by atoms with Crippen molar-refractivity contribution in [1.29, 1.82) is 5.26 Å². The zero-order valence-corrected chi connectivity index (χ0v) is 31.6. The van der Waals surface area contributed by atoms with Gasteiger partial charge < -0.3 is 15.0 Å². The van der Waals surface area contributed by atoms with Gasteiger partial charge in [-0.15, -0.1) is 0 Å². The molecule has 5 amide bonds. The summed E-state index contributed by atoms with van der Waals surface area (Å²) in [6.45, 7) is 7.36. The Morgan fingerprint density at radius 1 is 1.04 bits per heavy atom. The van der Waals surface area contributed by atoms with Crippen molar-refractivity contribution in [2.45, 2.75) is 57.8 Å². The third kappa shape index (κ3) is 8.50. The summed E-state index contributed by atoms with van der Waals surface area (Å²) < 4.78 is 7.59. The summed E-state index contributed by atoms with van der Waals surface area (Å²) in [6.07, 6.45) is 3.86. The molecule has 290 valence electrons. The van der Waals surface area contributed by atoms with Crippen LogP contribution in [0.25, 0.3) is 11.3 Å². The van der Waals surface area contributed by atoms with Gasteiger partial charge in [0.05, 0.1) is 46.3 Å². The molecule has 2 fully saturated rings. The van der Waals surface area contributed by atoms with Gasteiger partial charge in [-0.2, -0.15) is 15.5 Å². The van der Waals surface area contributed by atoms with Gasteiger partial charge in [0.15, 0.2) is 0 Å². The minimum atomic E-state index is -0.982. The number of ether oxygens (including phenoxy) is 1. The second-order valence-electron chi connectivity index (χ2n) is 14.1. The fourth-order valence-corrected chi connectivity index (χ4v) is 7.39. The van der Waals surface area contributed by atoms with Crippen LogP contribution in [0.4, 0.5) is 5.69 Å². The van der Waals surface area contributed by atoms with Gasteiger partial charge in [-0.1, -0.05) is 17.7 Å². The van der Waals surface area contributed by atoms with Crippen LogP contribution in [0, 0.1) is 11.3 Å². The number of nitrogens with one attached hydrogen (secondary N) is 3. The number of imide groups is 2. The number of unbranched alkanes of at least 4 members (excludes halogenated alkanes) is 1. The maximum absolute atomic E-state index is 13.2. The van der Waals surface area contributed by atoms with Crippen molar-refractivity contribution in [3.8, 4) is 17.3 Å². The van der Waals surface area contributed by atoms with Gasteiger partial charge in [0.25, 0.3) is 17.7 Å². The number of hydrogen-bond donors (Lipinski definition) is 3. The number of halogens is 1. The lowest BCUT2D eigenvalue weighted by atomic mass is 10.0. The lowest BCUT2D eigenvalue weighted by Crippen LogP contribution is -2.54. The Balaban J connectivity index is 0.783. The third-order valence-corrected chi connectivity index (χ3v) is 10.5. The largest absolute Gasteiger partial charge is 0.375 e. The fourth-order valence-electron chi connectivity index (χ4n) is 7.17. The van der Waals surface area contributed by atoms with Crippen molar-refractivity contribution < 1.29 is 28.7 Å². The minimum Gasteiger partial charge on any atom is -0.375 e. The molecule has 2 saturated heterocycles. The van der Waals surface area contributed by atoms with E-state index in [9.17, 15) is 24.0 Å². The van der Waals surface area contributed by atoms with E-state index in [2.05, 4.69) is 35.7 Å². The smallest absolute Gasteiger partial charge is 0.272 e. The second kappa shape index (κ2) is 16.9. The lowest BCUT2D eigenvalue weighted by Gasteiger charge is -2.36. The molecule has 0 bridgehead atoms. The minimum absolute atomic E-state index is 0.0824. The first kappa shape index (κ1) is 38.4. The van der Waals surface area contributed by atoms with Crippen LogP contribution in [0.1, 0.15) is 75.1 Å². The molecule has 2 atom stereocenters. The molecular weight excluding hydrogens is 740 g/mol. The molecule has 0 aliphatic carbocycles. The number of nitrogens with zero attached hydrogens (tertiary/aromatic N) is 7. The number of anilines is 1. The molecule has 4 aromatic rings. The Morgan fingerprint density at radius 2 is 1.84 bits per heavy atom. The number of fused-ring (bicyclic) bond motifs is 1. The molecule has 0 radical (unpaired) electrons. The molecule has 56 heavy (non-hydrogen) atoms. The Hall–Kier alpha value is -5.89. The molecule has 0 spiro atoms. The standard InChI is InChI=1S/C39H41ClN10O6/c1-24(22-49-12-10-32(46-49)25-4-5-26(21-41)31(40)18-25)42-36(52)33-19-27(44-45-33)23-56-17-3-2-11-47-13-15-48(16-14-47)28-6-7-29-30(20-28)39(55)50(38(29)54)34-8-9-35(51)43-37(34)53/h4-7,10,12,18-20,24,34H,2-3,8-9,11,13-17,22-23H2,1H3,(H,42,52)(H,44,45)(H,43,51,53)/t24-,34?/m1/s1. The average Bonchev–Trinajstić information content (AvgIpc) is 3.92. The fraction of sp³-hybridized carbons (Fsp3) is 0.385.